The minimum Gasteiger partial charge on any atom is -0.445 e. The molecule has 138 valence electrons. The van der Waals surface area contributed by atoms with Gasteiger partial charge in [-0.25, -0.2) is 4.79 Å². The summed E-state index contributed by atoms with van der Waals surface area (Å²) in [6.07, 6.45) is 0.926. The number of benzene rings is 2. The number of hydrogen-bond acceptors (Lipinski definition) is 4. The van der Waals surface area contributed by atoms with Gasteiger partial charge in [0.2, 0.25) is 5.91 Å². The van der Waals surface area contributed by atoms with Crippen molar-refractivity contribution in [2.45, 2.75) is 6.61 Å². The minimum absolute atomic E-state index is 0.118. The average Bonchev–Trinajstić information content (AvgIpc) is 3.14. The molecule has 0 spiro atoms. The van der Waals surface area contributed by atoms with Crippen LogP contribution in [0.4, 0.5) is 4.79 Å². The van der Waals surface area contributed by atoms with Gasteiger partial charge >= 0.3 is 6.09 Å². The Morgan fingerprint density at radius 2 is 1.63 bits per heavy atom. The van der Waals surface area contributed by atoms with E-state index in [0.29, 0.717) is 5.56 Å². The summed E-state index contributed by atoms with van der Waals surface area (Å²) in [4.78, 5) is 38.7. The molecule has 2 amide bonds. The fourth-order valence-corrected chi connectivity index (χ4v) is 2.57. The quantitative estimate of drug-likeness (QED) is 0.560. The highest BCUT2D eigenvalue weighted by atomic mass is 16.5. The summed E-state index contributed by atoms with van der Waals surface area (Å²) in [5.41, 5.74) is 2.22. The van der Waals surface area contributed by atoms with E-state index in [1.54, 1.807) is 6.20 Å². The molecule has 1 aromatic heterocycles. The number of alkyl carbamates (subject to hydrolysis) is 1. The van der Waals surface area contributed by atoms with Crippen LogP contribution in [0.15, 0.2) is 60.8 Å². The molecule has 0 atom stereocenters. The summed E-state index contributed by atoms with van der Waals surface area (Å²) < 4.78 is 5.01. The number of carbonyl (C=O) groups excluding carboxylic acids is 3. The van der Waals surface area contributed by atoms with Crippen LogP contribution in [0, 0.1) is 0 Å². The van der Waals surface area contributed by atoms with Gasteiger partial charge in [-0.15, -0.1) is 0 Å². The number of rotatable bonds is 7. The van der Waals surface area contributed by atoms with Crippen molar-refractivity contribution in [1.29, 1.82) is 0 Å². The van der Waals surface area contributed by atoms with E-state index in [-0.39, 0.29) is 25.5 Å². The van der Waals surface area contributed by atoms with Crippen LogP contribution in [-0.2, 0) is 16.1 Å². The van der Waals surface area contributed by atoms with Crippen LogP contribution in [0.2, 0.25) is 0 Å². The van der Waals surface area contributed by atoms with E-state index in [1.165, 1.54) is 0 Å². The lowest BCUT2D eigenvalue weighted by Gasteiger charge is -2.07. The van der Waals surface area contributed by atoms with Gasteiger partial charge in [0.15, 0.2) is 5.78 Å². The Balaban J connectivity index is 1.40. The van der Waals surface area contributed by atoms with E-state index >= 15 is 0 Å². The molecule has 0 aliphatic heterocycles. The molecule has 7 heteroatoms. The molecule has 27 heavy (non-hydrogen) atoms. The van der Waals surface area contributed by atoms with Gasteiger partial charge in [-0.1, -0.05) is 48.5 Å². The van der Waals surface area contributed by atoms with Gasteiger partial charge in [0.25, 0.3) is 0 Å². The lowest BCUT2D eigenvalue weighted by atomic mass is 10.1. The first-order chi connectivity index (χ1) is 13.1. The van der Waals surface area contributed by atoms with Crippen molar-refractivity contribution in [1.82, 2.24) is 15.6 Å². The summed E-state index contributed by atoms with van der Waals surface area (Å²) in [7, 11) is 0. The van der Waals surface area contributed by atoms with Crippen molar-refractivity contribution in [2.75, 3.05) is 13.1 Å². The number of nitrogens with one attached hydrogen (secondary N) is 3. The molecule has 0 bridgehead atoms. The number of Topliss-reactive ketones (excluding diaryl/α,β-unsaturated/α-hetero) is 1. The molecule has 0 aliphatic rings. The third kappa shape index (κ3) is 4.94. The van der Waals surface area contributed by atoms with Crippen LogP contribution in [0.3, 0.4) is 0 Å². The topological polar surface area (TPSA) is 100 Å². The summed E-state index contributed by atoms with van der Waals surface area (Å²) >= 11 is 0. The van der Waals surface area contributed by atoms with Gasteiger partial charge in [0.1, 0.15) is 13.2 Å². The number of hydrogen-bond donors (Lipinski definition) is 3. The number of carbonyl (C=O) groups is 3. The maximum atomic E-state index is 12.3. The van der Waals surface area contributed by atoms with Crippen molar-refractivity contribution in [3.63, 3.8) is 0 Å². The van der Waals surface area contributed by atoms with Crippen LogP contribution in [0.1, 0.15) is 15.9 Å². The Morgan fingerprint density at radius 1 is 0.889 bits per heavy atom. The zero-order chi connectivity index (χ0) is 19.1. The Bertz CT molecular complexity index is 950. The lowest BCUT2D eigenvalue weighted by Crippen LogP contribution is -2.39. The second-order valence-corrected chi connectivity index (χ2v) is 5.86. The van der Waals surface area contributed by atoms with Crippen molar-refractivity contribution < 1.29 is 19.1 Å². The Morgan fingerprint density at radius 3 is 2.44 bits per heavy atom. The fourth-order valence-electron chi connectivity index (χ4n) is 2.57. The number of ether oxygens (including phenoxy) is 1. The highest BCUT2D eigenvalue weighted by molar-refractivity contribution is 6.09. The molecule has 0 saturated carbocycles. The lowest BCUT2D eigenvalue weighted by molar-refractivity contribution is -0.120. The van der Waals surface area contributed by atoms with Gasteiger partial charge < -0.3 is 20.4 Å². The highest BCUT2D eigenvalue weighted by Gasteiger charge is 2.13. The van der Waals surface area contributed by atoms with E-state index < -0.39 is 12.0 Å². The summed E-state index contributed by atoms with van der Waals surface area (Å²) in [5, 5.41) is 5.65. The second kappa shape index (κ2) is 8.66. The van der Waals surface area contributed by atoms with Crippen LogP contribution >= 0.6 is 0 Å². The molecule has 0 unspecified atom stereocenters. The van der Waals surface area contributed by atoms with Crippen LogP contribution in [0.25, 0.3) is 10.9 Å². The molecule has 3 aromatic rings. The first kappa shape index (κ1) is 18.2. The van der Waals surface area contributed by atoms with Gasteiger partial charge in [0.05, 0.1) is 6.54 Å². The van der Waals surface area contributed by atoms with Gasteiger partial charge in [0, 0.05) is 22.7 Å². The van der Waals surface area contributed by atoms with E-state index in [0.717, 1.165) is 16.5 Å². The van der Waals surface area contributed by atoms with E-state index in [1.807, 2.05) is 54.6 Å². The highest BCUT2D eigenvalue weighted by Crippen LogP contribution is 2.17. The Kier molecular flexibility index (Phi) is 5.84. The second-order valence-electron chi connectivity index (χ2n) is 5.86. The van der Waals surface area contributed by atoms with Gasteiger partial charge in [-0.2, -0.15) is 0 Å². The molecule has 0 radical (unpaired) electrons. The predicted octanol–water partition coefficient (Wildman–Crippen LogP) is 2.39. The zero-order valence-electron chi connectivity index (χ0n) is 14.5. The molecule has 0 fully saturated rings. The summed E-state index contributed by atoms with van der Waals surface area (Å²) in [6.45, 7) is -0.302. The third-order valence-corrected chi connectivity index (χ3v) is 3.94. The number of aromatic amines is 1. The number of ketones is 1. The number of H-pyrrole nitrogens is 1. The molecular formula is C20H19N3O4. The minimum atomic E-state index is -0.697. The van der Waals surface area contributed by atoms with Gasteiger partial charge in [-0.3, -0.25) is 9.59 Å². The van der Waals surface area contributed by atoms with Crippen molar-refractivity contribution in [3.8, 4) is 0 Å². The Labute approximate surface area is 155 Å². The fraction of sp³-hybridized carbons (Fsp3) is 0.150. The number of aromatic nitrogens is 1. The Hall–Kier alpha value is -3.61. The van der Waals surface area contributed by atoms with E-state index in [4.69, 9.17) is 4.74 Å². The normalized spacial score (nSPS) is 10.4. The van der Waals surface area contributed by atoms with Crippen molar-refractivity contribution in [3.05, 3.63) is 71.9 Å². The molecule has 3 rings (SSSR count). The number of para-hydroxylation sites is 1. The smallest absolute Gasteiger partial charge is 0.407 e. The molecular weight excluding hydrogens is 346 g/mol. The monoisotopic (exact) mass is 365 g/mol. The first-order valence-corrected chi connectivity index (χ1v) is 8.44. The molecule has 3 N–H and O–H groups in total. The van der Waals surface area contributed by atoms with Crippen LogP contribution in [-0.4, -0.2) is 35.9 Å². The molecule has 0 saturated heterocycles. The number of fused-ring (bicyclic) bond motifs is 1. The third-order valence-electron chi connectivity index (χ3n) is 3.94. The average molecular weight is 365 g/mol. The van der Waals surface area contributed by atoms with Gasteiger partial charge in [-0.05, 0) is 11.6 Å². The molecule has 0 aliphatic carbocycles. The summed E-state index contributed by atoms with van der Waals surface area (Å²) in [6, 6.07) is 16.6. The maximum Gasteiger partial charge on any atom is 0.407 e. The van der Waals surface area contributed by atoms with Crippen LogP contribution in [0.5, 0.6) is 0 Å². The van der Waals surface area contributed by atoms with Crippen LogP contribution < -0.4 is 10.6 Å². The standard InChI is InChI=1S/C20H19N3O4/c24-18(16-10-21-17-9-5-4-8-15(16)17)11-22-19(25)12-23-20(26)27-13-14-6-2-1-3-7-14/h1-10,21H,11-13H2,(H,22,25)(H,23,26). The maximum absolute atomic E-state index is 12.3. The van der Waals surface area contributed by atoms with Crippen molar-refractivity contribution in [2.24, 2.45) is 0 Å². The van der Waals surface area contributed by atoms with E-state index in [2.05, 4.69) is 15.6 Å². The summed E-state index contributed by atoms with van der Waals surface area (Å²) in [5.74, 6) is -0.688. The largest absolute Gasteiger partial charge is 0.445 e. The molecule has 2 aromatic carbocycles. The predicted molar refractivity (Wildman–Crippen MR) is 100 cm³/mol. The SMILES string of the molecule is O=C(CNC(=O)OCc1ccccc1)NCC(=O)c1c[nH]c2ccccc12. The van der Waals surface area contributed by atoms with Crippen molar-refractivity contribution >= 4 is 28.7 Å². The molecule has 1 heterocycles. The zero-order valence-corrected chi connectivity index (χ0v) is 14.5. The number of amides is 2. The first-order valence-electron chi connectivity index (χ1n) is 8.44. The molecule has 7 nitrogen and oxygen atoms in total. The van der Waals surface area contributed by atoms with E-state index in [9.17, 15) is 14.4 Å².